The molecule has 0 saturated heterocycles. The quantitative estimate of drug-likeness (QED) is 0.239. The lowest BCUT2D eigenvalue weighted by atomic mass is 10.3. The topological polar surface area (TPSA) is 136 Å². The summed E-state index contributed by atoms with van der Waals surface area (Å²) in [5.41, 5.74) is 6.87. The number of hydrogen-bond donors (Lipinski definition) is 2. The van der Waals surface area contributed by atoms with E-state index in [-0.39, 0.29) is 24.6 Å². The normalized spacial score (nSPS) is 14.4. The molecule has 0 spiro atoms. The lowest BCUT2D eigenvalue weighted by Gasteiger charge is -2.16. The maximum atomic E-state index is 12.4. The Morgan fingerprint density at radius 3 is 3.04 bits per heavy atom. The van der Waals surface area contributed by atoms with Crippen LogP contribution in [0.5, 0.6) is 0 Å². The summed E-state index contributed by atoms with van der Waals surface area (Å²) >= 11 is 3.12. The van der Waals surface area contributed by atoms with Crippen molar-refractivity contribution in [2.75, 3.05) is 38.7 Å². The van der Waals surface area contributed by atoms with Gasteiger partial charge in [0.2, 0.25) is 5.82 Å². The molecule has 134 valence electrons. The molecule has 0 fully saturated rings. The third kappa shape index (κ3) is 4.97. The average molecular weight is 413 g/mol. The van der Waals surface area contributed by atoms with E-state index < -0.39 is 11.0 Å². The molecule has 25 heavy (non-hydrogen) atoms. The zero-order valence-electron chi connectivity index (χ0n) is 13.4. The first-order valence-corrected chi connectivity index (χ1v) is 8.04. The van der Waals surface area contributed by atoms with E-state index in [1.165, 1.54) is 17.0 Å². The van der Waals surface area contributed by atoms with Gasteiger partial charge >= 0.3 is 11.7 Å². The minimum absolute atomic E-state index is 0.134. The lowest BCUT2D eigenvalue weighted by Crippen LogP contribution is -2.34. The van der Waals surface area contributed by atoms with E-state index in [9.17, 15) is 14.9 Å². The number of nitrogens with zero attached hydrogens (tertiary/aromatic N) is 4. The highest BCUT2D eigenvalue weighted by molar-refractivity contribution is 9.10. The summed E-state index contributed by atoms with van der Waals surface area (Å²) in [6.45, 7) is 1.45. The third-order valence-corrected chi connectivity index (χ3v) is 3.80. The van der Waals surface area contributed by atoms with Crippen molar-refractivity contribution in [1.29, 1.82) is 0 Å². The Balaban J connectivity index is 2.03. The van der Waals surface area contributed by atoms with Gasteiger partial charge in [-0.2, -0.15) is 0 Å². The van der Waals surface area contributed by atoms with Crippen molar-refractivity contribution in [2.45, 2.75) is 0 Å². The van der Waals surface area contributed by atoms with Crippen LogP contribution in [0.4, 0.5) is 16.3 Å². The Bertz CT molecular complexity index is 736. The van der Waals surface area contributed by atoms with Crippen LogP contribution in [0.2, 0.25) is 0 Å². The number of ether oxygens (including phenoxy) is 1. The van der Waals surface area contributed by atoms with Gasteiger partial charge < -0.3 is 15.4 Å². The monoisotopic (exact) mass is 412 g/mol. The molecule has 0 aliphatic carbocycles. The number of methoxy groups -OCH3 is 1. The van der Waals surface area contributed by atoms with Crippen molar-refractivity contribution in [3.63, 3.8) is 0 Å². The van der Waals surface area contributed by atoms with Crippen LogP contribution in [-0.4, -0.2) is 60.4 Å². The SMILES string of the molecule is COCCN=CC1=C(N)CN(C(=O)Nc2nc(Br)ccc2[N+](=O)[O-])C1. The van der Waals surface area contributed by atoms with Crippen molar-refractivity contribution in [3.8, 4) is 0 Å². The molecule has 11 heteroatoms. The number of anilines is 1. The van der Waals surface area contributed by atoms with Crippen LogP contribution < -0.4 is 11.1 Å². The van der Waals surface area contributed by atoms with Gasteiger partial charge in [0.15, 0.2) is 0 Å². The fraction of sp³-hybridized carbons (Fsp3) is 0.357. The molecule has 1 aliphatic rings. The standard InChI is InChI=1S/C14H17BrN6O4/c1-25-5-4-17-6-9-7-20(8-10(9)16)14(22)19-13-11(21(23)24)2-3-12(15)18-13/h2-3,6H,4-5,7-8,16H2,1H3,(H,18,19,22). The number of hydrogen-bond acceptors (Lipinski definition) is 7. The van der Waals surface area contributed by atoms with Crippen molar-refractivity contribution in [3.05, 3.63) is 38.1 Å². The second-order valence-corrected chi connectivity index (χ2v) is 5.94. The maximum absolute atomic E-state index is 12.4. The molecule has 0 unspecified atom stereocenters. The zero-order chi connectivity index (χ0) is 18.4. The molecule has 1 aromatic rings. The van der Waals surface area contributed by atoms with E-state index in [4.69, 9.17) is 10.5 Å². The number of carbonyl (C=O) groups excluding carboxylic acids is 1. The Morgan fingerprint density at radius 1 is 1.60 bits per heavy atom. The summed E-state index contributed by atoms with van der Waals surface area (Å²) in [6, 6.07) is 2.16. The number of amides is 2. The lowest BCUT2D eigenvalue weighted by molar-refractivity contribution is -0.384. The summed E-state index contributed by atoms with van der Waals surface area (Å²) in [7, 11) is 1.58. The molecule has 0 saturated carbocycles. The van der Waals surface area contributed by atoms with Gasteiger partial charge in [-0.05, 0) is 22.0 Å². The molecule has 2 heterocycles. The highest BCUT2D eigenvalue weighted by Crippen LogP contribution is 2.25. The van der Waals surface area contributed by atoms with Crippen molar-refractivity contribution in [1.82, 2.24) is 9.88 Å². The second kappa shape index (κ2) is 8.53. The molecule has 1 aromatic heterocycles. The van der Waals surface area contributed by atoms with Crippen LogP contribution >= 0.6 is 15.9 Å². The zero-order valence-corrected chi connectivity index (χ0v) is 15.0. The van der Waals surface area contributed by atoms with Gasteiger partial charge in [-0.1, -0.05) is 0 Å². The molecule has 0 bridgehead atoms. The summed E-state index contributed by atoms with van der Waals surface area (Å²) < 4.78 is 5.27. The number of aromatic nitrogens is 1. The van der Waals surface area contributed by atoms with E-state index in [2.05, 4.69) is 31.2 Å². The van der Waals surface area contributed by atoms with E-state index in [1.807, 2.05) is 0 Å². The minimum Gasteiger partial charge on any atom is -0.400 e. The predicted molar refractivity (Wildman–Crippen MR) is 95.6 cm³/mol. The minimum atomic E-state index is -0.612. The number of halogens is 1. The number of rotatable bonds is 6. The first-order chi connectivity index (χ1) is 11.9. The molecular formula is C14H17BrN6O4. The van der Waals surface area contributed by atoms with E-state index in [0.29, 0.717) is 23.5 Å². The molecule has 0 radical (unpaired) electrons. The molecular weight excluding hydrogens is 396 g/mol. The van der Waals surface area contributed by atoms with Crippen molar-refractivity contribution in [2.24, 2.45) is 10.7 Å². The van der Waals surface area contributed by atoms with Crippen LogP contribution in [0.1, 0.15) is 0 Å². The summed E-state index contributed by atoms with van der Waals surface area (Å²) in [5, 5.41) is 13.5. The summed E-state index contributed by atoms with van der Waals surface area (Å²) in [4.78, 5) is 32.3. The fourth-order valence-corrected chi connectivity index (χ4v) is 2.41. The fourth-order valence-electron chi connectivity index (χ4n) is 2.10. The van der Waals surface area contributed by atoms with Crippen LogP contribution in [0, 0.1) is 10.1 Å². The number of aliphatic imine (C=N–C) groups is 1. The highest BCUT2D eigenvalue weighted by atomic mass is 79.9. The average Bonchev–Trinajstić information content (AvgIpc) is 2.92. The first-order valence-electron chi connectivity index (χ1n) is 7.25. The number of carbonyl (C=O) groups is 1. The molecule has 3 N–H and O–H groups in total. The molecule has 1 aliphatic heterocycles. The van der Waals surface area contributed by atoms with Crippen LogP contribution in [0.25, 0.3) is 0 Å². The maximum Gasteiger partial charge on any atom is 0.323 e. The largest absolute Gasteiger partial charge is 0.400 e. The second-order valence-electron chi connectivity index (χ2n) is 5.12. The highest BCUT2D eigenvalue weighted by Gasteiger charge is 2.26. The smallest absolute Gasteiger partial charge is 0.323 e. The van der Waals surface area contributed by atoms with Crippen molar-refractivity contribution < 1.29 is 14.5 Å². The van der Waals surface area contributed by atoms with E-state index >= 15 is 0 Å². The number of nitrogens with two attached hydrogens (primary N) is 1. The Hall–Kier alpha value is -2.53. The van der Waals surface area contributed by atoms with Gasteiger partial charge in [0.1, 0.15) is 4.60 Å². The number of nitrogens with one attached hydrogen (secondary N) is 1. The molecule has 2 amide bonds. The van der Waals surface area contributed by atoms with E-state index in [0.717, 1.165) is 5.57 Å². The van der Waals surface area contributed by atoms with Gasteiger partial charge in [-0.15, -0.1) is 0 Å². The Labute approximate surface area is 152 Å². The Kier molecular flexibility index (Phi) is 6.42. The first kappa shape index (κ1) is 18.8. The predicted octanol–water partition coefficient (Wildman–Crippen LogP) is 1.53. The van der Waals surface area contributed by atoms with Gasteiger partial charge in [-0.25, -0.2) is 9.78 Å². The number of pyridine rings is 1. The van der Waals surface area contributed by atoms with Crippen LogP contribution in [-0.2, 0) is 4.74 Å². The number of nitro groups is 1. The van der Waals surface area contributed by atoms with Gasteiger partial charge in [-0.3, -0.25) is 20.4 Å². The molecule has 10 nitrogen and oxygen atoms in total. The summed E-state index contributed by atoms with van der Waals surface area (Å²) in [6.07, 6.45) is 1.61. The Morgan fingerprint density at radius 2 is 2.36 bits per heavy atom. The molecule has 2 rings (SSSR count). The van der Waals surface area contributed by atoms with Crippen LogP contribution in [0.3, 0.4) is 0 Å². The molecule has 0 atom stereocenters. The molecule has 0 aromatic carbocycles. The van der Waals surface area contributed by atoms with Gasteiger partial charge in [0, 0.05) is 30.7 Å². The van der Waals surface area contributed by atoms with Gasteiger partial charge in [0.05, 0.1) is 31.2 Å². The third-order valence-electron chi connectivity index (χ3n) is 3.36. The van der Waals surface area contributed by atoms with Crippen molar-refractivity contribution >= 4 is 39.7 Å². The number of urea groups is 1. The van der Waals surface area contributed by atoms with Gasteiger partial charge in [0.25, 0.3) is 0 Å². The van der Waals surface area contributed by atoms with E-state index in [1.54, 1.807) is 13.3 Å². The summed E-state index contributed by atoms with van der Waals surface area (Å²) in [5.74, 6) is -0.134. The van der Waals surface area contributed by atoms with Crippen LogP contribution in [0.15, 0.2) is 33.0 Å².